The van der Waals surface area contributed by atoms with E-state index in [1.807, 2.05) is 12.1 Å². The Kier molecular flexibility index (Phi) is 5.67. The van der Waals surface area contributed by atoms with Crippen LogP contribution in [0.2, 0.25) is 0 Å². The van der Waals surface area contributed by atoms with Crippen molar-refractivity contribution < 1.29 is 13.2 Å². The second kappa shape index (κ2) is 7.98. The number of nitrogens with zero attached hydrogens (tertiary/aromatic N) is 3. The first-order valence-electron chi connectivity index (χ1n) is 10.1. The number of amides is 1. The molecule has 2 aromatic carbocycles. The number of sulfonamides is 1. The SMILES string of the molecule is CC(=O)N1CCc2cc(Br)c(S(=O)(=O)N3CCN(c4cccc(C)c4C)CC3)cc21. The smallest absolute Gasteiger partial charge is 0.244 e. The standard InChI is InChI=1S/C22H26BrN3O3S/c1-15-5-4-6-20(16(15)2)24-9-11-25(12-10-24)30(28,29)22-14-21-18(13-19(22)23)7-8-26(21)17(3)27/h4-6,13-14H,7-12H2,1-3H3. The van der Waals surface area contributed by atoms with Gasteiger partial charge in [-0.1, -0.05) is 12.1 Å². The molecule has 0 bridgehead atoms. The van der Waals surface area contributed by atoms with Crippen LogP contribution < -0.4 is 9.80 Å². The van der Waals surface area contributed by atoms with Crippen LogP contribution in [0.5, 0.6) is 0 Å². The molecule has 8 heteroatoms. The van der Waals surface area contributed by atoms with Crippen molar-refractivity contribution in [3.63, 3.8) is 0 Å². The lowest BCUT2D eigenvalue weighted by atomic mass is 10.1. The summed E-state index contributed by atoms with van der Waals surface area (Å²) in [5.41, 5.74) is 5.34. The quantitative estimate of drug-likeness (QED) is 0.659. The molecule has 1 fully saturated rings. The van der Waals surface area contributed by atoms with Gasteiger partial charge in [0.2, 0.25) is 15.9 Å². The lowest BCUT2D eigenvalue weighted by molar-refractivity contribution is -0.116. The van der Waals surface area contributed by atoms with Gasteiger partial charge in [0.25, 0.3) is 0 Å². The van der Waals surface area contributed by atoms with Gasteiger partial charge in [0.15, 0.2) is 0 Å². The maximum Gasteiger partial charge on any atom is 0.244 e. The lowest BCUT2D eigenvalue weighted by Gasteiger charge is -2.36. The highest BCUT2D eigenvalue weighted by atomic mass is 79.9. The number of rotatable bonds is 3. The molecule has 2 heterocycles. The molecule has 2 aliphatic rings. The highest BCUT2D eigenvalue weighted by Crippen LogP contribution is 2.37. The van der Waals surface area contributed by atoms with Crippen LogP contribution in [0.15, 0.2) is 39.7 Å². The molecular weight excluding hydrogens is 466 g/mol. The average molecular weight is 492 g/mol. The number of carbonyl (C=O) groups excluding carboxylic acids is 1. The van der Waals surface area contributed by atoms with Crippen molar-refractivity contribution in [2.75, 3.05) is 42.5 Å². The first kappa shape index (κ1) is 21.3. The van der Waals surface area contributed by atoms with Crippen molar-refractivity contribution >= 4 is 43.2 Å². The molecule has 0 aromatic heterocycles. The van der Waals surface area contributed by atoms with Crippen LogP contribution in [0.4, 0.5) is 11.4 Å². The molecule has 4 rings (SSSR count). The second-order valence-corrected chi connectivity index (χ2v) is 10.7. The molecular formula is C22H26BrN3O3S. The molecule has 0 saturated carbocycles. The molecule has 0 radical (unpaired) electrons. The highest BCUT2D eigenvalue weighted by Gasteiger charge is 2.33. The normalized spacial score (nSPS) is 17.3. The van der Waals surface area contributed by atoms with Crippen molar-refractivity contribution in [3.05, 3.63) is 51.5 Å². The van der Waals surface area contributed by atoms with Crippen molar-refractivity contribution in [2.24, 2.45) is 0 Å². The van der Waals surface area contributed by atoms with Crippen molar-refractivity contribution in [1.29, 1.82) is 0 Å². The van der Waals surface area contributed by atoms with Gasteiger partial charge in [0, 0.05) is 55.5 Å². The van der Waals surface area contributed by atoms with Gasteiger partial charge >= 0.3 is 0 Å². The average Bonchev–Trinajstić information content (AvgIpc) is 3.12. The summed E-state index contributed by atoms with van der Waals surface area (Å²) in [5.74, 6) is -0.0680. The van der Waals surface area contributed by atoms with E-state index in [0.29, 0.717) is 42.9 Å². The fraction of sp³-hybridized carbons (Fsp3) is 0.409. The number of carbonyl (C=O) groups is 1. The predicted molar refractivity (Wildman–Crippen MR) is 123 cm³/mol. The number of benzene rings is 2. The molecule has 0 unspecified atom stereocenters. The van der Waals surface area contributed by atoms with E-state index in [2.05, 4.69) is 46.8 Å². The van der Waals surface area contributed by atoms with Crippen LogP contribution in [0, 0.1) is 13.8 Å². The Bertz CT molecular complexity index is 1110. The number of anilines is 2. The van der Waals surface area contributed by atoms with Crippen molar-refractivity contribution in [3.8, 4) is 0 Å². The largest absolute Gasteiger partial charge is 0.369 e. The van der Waals surface area contributed by atoms with Gasteiger partial charge in [-0.15, -0.1) is 0 Å². The van der Waals surface area contributed by atoms with E-state index in [-0.39, 0.29) is 10.8 Å². The number of hydrogen-bond donors (Lipinski definition) is 0. The third kappa shape index (κ3) is 3.65. The van der Waals surface area contributed by atoms with Crippen molar-refractivity contribution in [2.45, 2.75) is 32.1 Å². The van der Waals surface area contributed by atoms with Gasteiger partial charge in [0.05, 0.1) is 4.90 Å². The molecule has 2 aromatic rings. The van der Waals surface area contributed by atoms with Crippen LogP contribution in [0.25, 0.3) is 0 Å². The summed E-state index contributed by atoms with van der Waals surface area (Å²) in [6.45, 7) is 8.45. The number of piperazine rings is 1. The van der Waals surface area contributed by atoms with E-state index in [1.54, 1.807) is 15.3 Å². The lowest BCUT2D eigenvalue weighted by Crippen LogP contribution is -2.49. The van der Waals surface area contributed by atoms with Gasteiger partial charge in [-0.3, -0.25) is 4.79 Å². The Morgan fingerprint density at radius 3 is 2.37 bits per heavy atom. The maximum absolute atomic E-state index is 13.4. The zero-order valence-electron chi connectivity index (χ0n) is 17.5. The Balaban J connectivity index is 1.58. The fourth-order valence-electron chi connectivity index (χ4n) is 4.30. The van der Waals surface area contributed by atoms with E-state index < -0.39 is 10.0 Å². The number of hydrogen-bond acceptors (Lipinski definition) is 4. The minimum atomic E-state index is -3.67. The first-order valence-corrected chi connectivity index (χ1v) is 12.4. The Morgan fingerprint density at radius 2 is 1.70 bits per heavy atom. The van der Waals surface area contributed by atoms with Crippen LogP contribution in [-0.2, 0) is 21.2 Å². The summed E-state index contributed by atoms with van der Waals surface area (Å²) in [6.07, 6.45) is 0.738. The minimum absolute atomic E-state index is 0.0680. The molecule has 6 nitrogen and oxygen atoms in total. The van der Waals surface area contributed by atoms with Gasteiger partial charge in [-0.25, -0.2) is 8.42 Å². The molecule has 0 atom stereocenters. The number of halogens is 1. The van der Waals surface area contributed by atoms with Crippen LogP contribution in [-0.4, -0.2) is 51.4 Å². The van der Waals surface area contributed by atoms with Crippen molar-refractivity contribution in [1.82, 2.24) is 4.31 Å². The van der Waals surface area contributed by atoms with Crippen LogP contribution in [0.3, 0.4) is 0 Å². The molecule has 2 aliphatic heterocycles. The molecule has 0 spiro atoms. The molecule has 1 amide bonds. The zero-order chi connectivity index (χ0) is 21.6. The van der Waals surface area contributed by atoms with Gasteiger partial charge < -0.3 is 9.80 Å². The second-order valence-electron chi connectivity index (χ2n) is 7.94. The summed E-state index contributed by atoms with van der Waals surface area (Å²) >= 11 is 3.46. The Hall–Kier alpha value is -1.90. The van der Waals surface area contributed by atoms with E-state index >= 15 is 0 Å². The summed E-state index contributed by atoms with van der Waals surface area (Å²) in [6, 6.07) is 9.73. The highest BCUT2D eigenvalue weighted by molar-refractivity contribution is 9.10. The van der Waals surface area contributed by atoms with E-state index in [9.17, 15) is 13.2 Å². The first-order chi connectivity index (χ1) is 14.2. The van der Waals surface area contributed by atoms with Crippen LogP contribution in [0.1, 0.15) is 23.6 Å². The molecule has 160 valence electrons. The summed E-state index contributed by atoms with van der Waals surface area (Å²) in [5, 5.41) is 0. The predicted octanol–water partition coefficient (Wildman–Crippen LogP) is 3.49. The minimum Gasteiger partial charge on any atom is -0.369 e. The third-order valence-electron chi connectivity index (χ3n) is 6.18. The summed E-state index contributed by atoms with van der Waals surface area (Å²) in [7, 11) is -3.67. The zero-order valence-corrected chi connectivity index (χ0v) is 19.9. The number of aryl methyl sites for hydroxylation is 1. The Morgan fingerprint density at radius 1 is 1.00 bits per heavy atom. The van der Waals surface area contributed by atoms with E-state index in [0.717, 1.165) is 12.0 Å². The van der Waals surface area contributed by atoms with E-state index in [4.69, 9.17) is 0 Å². The molecule has 1 saturated heterocycles. The van der Waals surface area contributed by atoms with Gasteiger partial charge in [-0.05, 0) is 71.1 Å². The monoisotopic (exact) mass is 491 g/mol. The number of fused-ring (bicyclic) bond motifs is 1. The fourth-order valence-corrected chi connectivity index (χ4v) is 6.79. The van der Waals surface area contributed by atoms with Crippen LogP contribution >= 0.6 is 15.9 Å². The molecule has 0 N–H and O–H groups in total. The summed E-state index contributed by atoms with van der Waals surface area (Å²) in [4.78, 5) is 16.1. The van der Waals surface area contributed by atoms with E-state index in [1.165, 1.54) is 23.7 Å². The van der Waals surface area contributed by atoms with Gasteiger partial charge in [-0.2, -0.15) is 4.31 Å². The topological polar surface area (TPSA) is 60.9 Å². The maximum atomic E-state index is 13.4. The Labute approximate surface area is 186 Å². The third-order valence-corrected chi connectivity index (χ3v) is 9.04. The summed E-state index contributed by atoms with van der Waals surface area (Å²) < 4.78 is 29.0. The molecule has 30 heavy (non-hydrogen) atoms. The van der Waals surface area contributed by atoms with Gasteiger partial charge in [0.1, 0.15) is 0 Å². The molecule has 0 aliphatic carbocycles.